The van der Waals surface area contributed by atoms with Crippen LogP contribution in [-0.4, -0.2) is 24.1 Å². The minimum absolute atomic E-state index is 1.65. The van der Waals surface area contributed by atoms with Crippen LogP contribution in [0.3, 0.4) is 0 Å². The third kappa shape index (κ3) is 2.65. The molecule has 0 aromatic heterocycles. The third-order valence-electron chi connectivity index (χ3n) is 1.02. The first-order chi connectivity index (χ1) is 4.22. The molecular weight excluding hydrogens is 112 g/mol. The Bertz CT molecular complexity index is 132. The maximum atomic E-state index is 5.10. The van der Waals surface area contributed by atoms with Gasteiger partial charge in [-0.15, -0.1) is 0 Å². The molecule has 50 valence electrons. The van der Waals surface area contributed by atoms with E-state index in [9.17, 15) is 0 Å². The van der Waals surface area contributed by atoms with E-state index < -0.39 is 0 Å². The molecule has 2 heteroatoms. The van der Waals surface area contributed by atoms with Gasteiger partial charge in [0.05, 0.1) is 0 Å². The summed E-state index contributed by atoms with van der Waals surface area (Å²) >= 11 is 0. The van der Waals surface area contributed by atoms with E-state index in [1.165, 1.54) is 0 Å². The van der Waals surface area contributed by atoms with E-state index >= 15 is 0 Å². The lowest BCUT2D eigenvalue weighted by Gasteiger charge is -2.21. The Labute approximate surface area is 56.7 Å². The molecule has 0 bridgehead atoms. The molecule has 0 spiro atoms. The molecule has 0 amide bonds. The summed E-state index contributed by atoms with van der Waals surface area (Å²) in [4.78, 5) is 0. The highest BCUT2D eigenvalue weighted by atomic mass is 15.6. The van der Waals surface area contributed by atoms with Gasteiger partial charge in [0.15, 0.2) is 0 Å². The van der Waals surface area contributed by atoms with Gasteiger partial charge in [-0.3, -0.25) is 5.01 Å². The maximum absolute atomic E-state index is 5.10. The lowest BCUT2D eigenvalue weighted by atomic mass is 10.7. The van der Waals surface area contributed by atoms with Crippen LogP contribution in [0.5, 0.6) is 0 Å². The van der Waals surface area contributed by atoms with Crippen LogP contribution < -0.4 is 0 Å². The van der Waals surface area contributed by atoms with Crippen LogP contribution in [0.25, 0.3) is 0 Å². The topological polar surface area (TPSA) is 6.48 Å². The van der Waals surface area contributed by atoms with Crippen molar-refractivity contribution in [3.05, 3.63) is 12.3 Å². The van der Waals surface area contributed by atoms with Gasteiger partial charge in [0, 0.05) is 26.3 Å². The number of terminal acetylenes is 1. The van der Waals surface area contributed by atoms with Gasteiger partial charge in [-0.1, -0.05) is 12.5 Å². The van der Waals surface area contributed by atoms with Gasteiger partial charge in [-0.05, 0) is 6.92 Å². The molecule has 0 aliphatic carbocycles. The zero-order valence-electron chi connectivity index (χ0n) is 6.13. The molecule has 0 atom stereocenters. The Balaban J connectivity index is 3.75. The Morgan fingerprint density at radius 1 is 1.44 bits per heavy atom. The van der Waals surface area contributed by atoms with Gasteiger partial charge in [-0.25, -0.2) is 5.01 Å². The minimum Gasteiger partial charge on any atom is -0.289 e. The molecule has 9 heavy (non-hydrogen) atoms. The number of hydrazine groups is 1. The highest BCUT2D eigenvalue weighted by Crippen LogP contribution is 1.87. The quantitative estimate of drug-likeness (QED) is 0.306. The molecule has 0 aliphatic rings. The Kier molecular flexibility index (Phi) is 3.38. The monoisotopic (exact) mass is 124 g/mol. The van der Waals surface area contributed by atoms with Crippen molar-refractivity contribution in [2.75, 3.05) is 14.1 Å². The first-order valence-electron chi connectivity index (χ1n) is 2.78. The van der Waals surface area contributed by atoms with Crippen LogP contribution in [0.1, 0.15) is 6.92 Å². The second kappa shape index (κ2) is 3.85. The van der Waals surface area contributed by atoms with E-state index in [2.05, 4.69) is 6.04 Å². The molecule has 0 rings (SSSR count). The summed E-state index contributed by atoms with van der Waals surface area (Å²) in [6.07, 6.45) is 8.92. The van der Waals surface area contributed by atoms with Gasteiger partial charge < -0.3 is 0 Å². The van der Waals surface area contributed by atoms with Crippen molar-refractivity contribution < 1.29 is 0 Å². The largest absolute Gasteiger partial charge is 0.289 e. The van der Waals surface area contributed by atoms with Gasteiger partial charge in [0.1, 0.15) is 0 Å². The number of hydrogen-bond acceptors (Lipinski definition) is 2. The standard InChI is InChI=1S/C7H12N2/c1-5-7-9(4)8(3)6-2/h2,5,7H,1,3-4H3/b7-5-. The predicted molar refractivity (Wildman–Crippen MR) is 39.2 cm³/mol. The Morgan fingerprint density at radius 2 is 2.00 bits per heavy atom. The first kappa shape index (κ1) is 7.90. The fourth-order valence-corrected chi connectivity index (χ4v) is 0.407. The zero-order chi connectivity index (χ0) is 7.28. The molecule has 0 heterocycles. The van der Waals surface area contributed by atoms with E-state index in [1.807, 2.05) is 38.3 Å². The van der Waals surface area contributed by atoms with Crippen molar-refractivity contribution in [1.82, 2.24) is 10.0 Å². The summed E-state index contributed by atoms with van der Waals surface area (Å²) in [7, 11) is 3.71. The van der Waals surface area contributed by atoms with Crippen LogP contribution in [0, 0.1) is 12.5 Å². The molecular formula is C7H12N2. The van der Waals surface area contributed by atoms with Crippen molar-refractivity contribution in [2.24, 2.45) is 0 Å². The molecule has 0 aliphatic heterocycles. The predicted octanol–water partition coefficient (Wildman–Crippen LogP) is 0.889. The molecule has 0 fully saturated rings. The van der Waals surface area contributed by atoms with E-state index in [0.29, 0.717) is 0 Å². The molecule has 0 saturated heterocycles. The number of allylic oxidation sites excluding steroid dienone is 1. The molecule has 0 radical (unpaired) electrons. The molecule has 0 N–H and O–H groups in total. The van der Waals surface area contributed by atoms with Gasteiger partial charge in [-0.2, -0.15) is 0 Å². The fourth-order valence-electron chi connectivity index (χ4n) is 0.407. The molecule has 2 nitrogen and oxygen atoms in total. The van der Waals surface area contributed by atoms with Crippen molar-refractivity contribution in [3.8, 4) is 12.5 Å². The summed E-state index contributed by atoms with van der Waals surface area (Å²) in [5, 5.41) is 3.47. The smallest absolute Gasteiger partial charge is 0.0371 e. The molecule has 0 saturated carbocycles. The summed E-state index contributed by atoms with van der Waals surface area (Å²) < 4.78 is 0. The highest BCUT2D eigenvalue weighted by molar-refractivity contribution is 4.84. The normalized spacial score (nSPS) is 9.11. The lowest BCUT2D eigenvalue weighted by molar-refractivity contribution is 0.160. The van der Waals surface area contributed by atoms with Crippen LogP contribution in [-0.2, 0) is 0 Å². The Morgan fingerprint density at radius 3 is 2.33 bits per heavy atom. The highest BCUT2D eigenvalue weighted by Gasteiger charge is 1.90. The number of hydrogen-bond donors (Lipinski definition) is 0. The average Bonchev–Trinajstić information content (AvgIpc) is 1.87. The first-order valence-corrected chi connectivity index (χ1v) is 2.78. The summed E-state index contributed by atoms with van der Waals surface area (Å²) in [5.74, 6) is 0. The Hall–Kier alpha value is -1.10. The molecule has 0 aromatic rings. The van der Waals surface area contributed by atoms with Gasteiger partial charge in [0.25, 0.3) is 0 Å². The van der Waals surface area contributed by atoms with Crippen molar-refractivity contribution in [2.45, 2.75) is 6.92 Å². The molecule has 0 aromatic carbocycles. The van der Waals surface area contributed by atoms with E-state index in [1.54, 1.807) is 5.01 Å². The van der Waals surface area contributed by atoms with Crippen LogP contribution in [0.2, 0.25) is 0 Å². The zero-order valence-corrected chi connectivity index (χ0v) is 6.13. The van der Waals surface area contributed by atoms with Gasteiger partial charge in [0.2, 0.25) is 0 Å². The second-order valence-electron chi connectivity index (χ2n) is 1.71. The number of rotatable bonds is 2. The fraction of sp³-hybridized carbons (Fsp3) is 0.429. The summed E-state index contributed by atoms with van der Waals surface area (Å²) in [6, 6.07) is 2.46. The van der Waals surface area contributed by atoms with Crippen molar-refractivity contribution >= 4 is 0 Å². The third-order valence-corrected chi connectivity index (χ3v) is 1.02. The summed E-state index contributed by atoms with van der Waals surface area (Å²) in [5.41, 5.74) is 0. The molecule has 0 unspecified atom stereocenters. The maximum Gasteiger partial charge on any atom is 0.0371 e. The van der Waals surface area contributed by atoms with Crippen LogP contribution >= 0.6 is 0 Å². The van der Waals surface area contributed by atoms with E-state index in [-0.39, 0.29) is 0 Å². The van der Waals surface area contributed by atoms with E-state index in [4.69, 9.17) is 6.42 Å². The van der Waals surface area contributed by atoms with Crippen LogP contribution in [0.15, 0.2) is 12.3 Å². The van der Waals surface area contributed by atoms with Gasteiger partial charge >= 0.3 is 0 Å². The van der Waals surface area contributed by atoms with Crippen molar-refractivity contribution in [1.29, 1.82) is 0 Å². The average molecular weight is 124 g/mol. The lowest BCUT2D eigenvalue weighted by Crippen LogP contribution is -2.27. The van der Waals surface area contributed by atoms with Crippen molar-refractivity contribution in [3.63, 3.8) is 0 Å². The van der Waals surface area contributed by atoms with E-state index in [0.717, 1.165) is 0 Å². The SMILES string of the molecule is C#CN(C)N(C)/C=C\C. The second-order valence-corrected chi connectivity index (χ2v) is 1.71. The summed E-state index contributed by atoms with van der Waals surface area (Å²) in [6.45, 7) is 1.95. The number of nitrogens with zero attached hydrogens (tertiary/aromatic N) is 2. The van der Waals surface area contributed by atoms with Crippen LogP contribution in [0.4, 0.5) is 0 Å². The minimum atomic E-state index is 1.65.